The molecule has 90 valence electrons. The topological polar surface area (TPSA) is 6.48 Å². The van der Waals surface area contributed by atoms with Crippen molar-refractivity contribution in [1.29, 1.82) is 0 Å². The molecule has 0 aliphatic carbocycles. The maximum Gasteiger partial charge on any atom is 0.0220 e. The summed E-state index contributed by atoms with van der Waals surface area (Å²) in [6.45, 7) is 3.79. The first-order chi connectivity index (χ1) is 7.24. The zero-order valence-electron chi connectivity index (χ0n) is 10.3. The third-order valence-electron chi connectivity index (χ3n) is 3.39. The van der Waals surface area contributed by atoms with Gasteiger partial charge in [0.1, 0.15) is 0 Å². The molecular weight excluding hydrogens is 204 g/mol. The van der Waals surface area contributed by atoms with Gasteiger partial charge in [0, 0.05) is 12.6 Å². The minimum absolute atomic E-state index is 0.791. The molecule has 15 heavy (non-hydrogen) atoms. The molecule has 1 heterocycles. The Morgan fingerprint density at radius 3 is 2.80 bits per heavy atom. The highest BCUT2D eigenvalue weighted by atomic mass is 32.1. The predicted octanol–water partition coefficient (Wildman–Crippen LogP) is 2.11. The van der Waals surface area contributed by atoms with Crippen molar-refractivity contribution >= 4 is 12.6 Å². The highest BCUT2D eigenvalue weighted by Crippen LogP contribution is 2.14. The van der Waals surface area contributed by atoms with E-state index in [0.717, 1.165) is 11.8 Å². The number of piperidine rings is 1. The van der Waals surface area contributed by atoms with Crippen LogP contribution in [-0.2, 0) is 0 Å². The molecule has 1 unspecified atom stereocenters. The number of nitrogens with zero attached hydrogens (tertiary/aromatic N) is 2. The van der Waals surface area contributed by atoms with Crippen LogP contribution >= 0.6 is 12.6 Å². The Balaban J connectivity index is 2.12. The molecule has 0 bridgehead atoms. The Kier molecular flexibility index (Phi) is 6.69. The molecule has 0 aromatic rings. The highest BCUT2D eigenvalue weighted by molar-refractivity contribution is 7.80. The lowest BCUT2D eigenvalue weighted by molar-refractivity contribution is 0.133. The number of unbranched alkanes of at least 4 members (excludes halogenated alkanes) is 2. The smallest absolute Gasteiger partial charge is 0.0220 e. The van der Waals surface area contributed by atoms with Crippen molar-refractivity contribution in [1.82, 2.24) is 9.80 Å². The molecule has 1 aliphatic rings. The van der Waals surface area contributed by atoms with Gasteiger partial charge >= 0.3 is 0 Å². The Labute approximate surface area is 100 Å². The summed E-state index contributed by atoms with van der Waals surface area (Å²) in [6, 6.07) is 0.791. The molecule has 1 rings (SSSR count). The zero-order chi connectivity index (χ0) is 11.1. The molecule has 0 saturated carbocycles. The van der Waals surface area contributed by atoms with E-state index >= 15 is 0 Å². The van der Waals surface area contributed by atoms with Crippen molar-refractivity contribution in [2.75, 3.05) is 39.5 Å². The summed E-state index contributed by atoms with van der Waals surface area (Å²) >= 11 is 4.24. The molecule has 1 atom stereocenters. The van der Waals surface area contributed by atoms with Crippen molar-refractivity contribution in [2.45, 2.75) is 38.1 Å². The van der Waals surface area contributed by atoms with Crippen molar-refractivity contribution in [3.05, 3.63) is 0 Å². The minimum atomic E-state index is 0.791. The second-order valence-electron chi connectivity index (χ2n) is 4.82. The fraction of sp³-hybridized carbons (Fsp3) is 1.00. The average molecular weight is 230 g/mol. The van der Waals surface area contributed by atoms with Crippen LogP contribution in [0.2, 0.25) is 0 Å². The van der Waals surface area contributed by atoms with Gasteiger partial charge in [0.05, 0.1) is 0 Å². The van der Waals surface area contributed by atoms with Gasteiger partial charge < -0.3 is 9.80 Å². The predicted molar refractivity (Wildman–Crippen MR) is 70.9 cm³/mol. The second kappa shape index (κ2) is 7.53. The SMILES string of the molecule is CN1CCCC(N(C)CCCCCS)C1. The lowest BCUT2D eigenvalue weighted by Crippen LogP contribution is -2.45. The van der Waals surface area contributed by atoms with Gasteiger partial charge in [-0.2, -0.15) is 12.6 Å². The fourth-order valence-electron chi connectivity index (χ4n) is 2.33. The molecule has 1 fully saturated rings. The molecule has 0 aromatic carbocycles. The second-order valence-corrected chi connectivity index (χ2v) is 5.27. The highest BCUT2D eigenvalue weighted by Gasteiger charge is 2.20. The maximum atomic E-state index is 4.24. The van der Waals surface area contributed by atoms with Gasteiger partial charge in [-0.1, -0.05) is 6.42 Å². The molecule has 2 nitrogen and oxygen atoms in total. The summed E-state index contributed by atoms with van der Waals surface area (Å²) < 4.78 is 0. The Bertz CT molecular complexity index is 164. The van der Waals surface area contributed by atoms with Crippen molar-refractivity contribution in [3.63, 3.8) is 0 Å². The van der Waals surface area contributed by atoms with Gasteiger partial charge in [-0.25, -0.2) is 0 Å². The summed E-state index contributed by atoms with van der Waals surface area (Å²) in [7, 11) is 4.52. The third kappa shape index (κ3) is 5.23. The molecule has 1 aliphatic heterocycles. The molecule has 3 heteroatoms. The van der Waals surface area contributed by atoms with Gasteiger partial charge in [-0.3, -0.25) is 0 Å². The van der Waals surface area contributed by atoms with Gasteiger partial charge in [0.15, 0.2) is 0 Å². The average Bonchev–Trinajstić information content (AvgIpc) is 2.24. The van der Waals surface area contributed by atoms with E-state index in [2.05, 4.69) is 36.5 Å². The van der Waals surface area contributed by atoms with Gasteiger partial charge in [0.2, 0.25) is 0 Å². The van der Waals surface area contributed by atoms with Crippen LogP contribution in [0.15, 0.2) is 0 Å². The molecule has 0 aromatic heterocycles. The molecule has 0 N–H and O–H groups in total. The number of likely N-dealkylation sites (tertiary alicyclic amines) is 1. The molecule has 1 saturated heterocycles. The van der Waals surface area contributed by atoms with Crippen molar-refractivity contribution in [3.8, 4) is 0 Å². The summed E-state index contributed by atoms with van der Waals surface area (Å²) in [5, 5.41) is 0. The largest absolute Gasteiger partial charge is 0.305 e. The number of hydrogen-bond acceptors (Lipinski definition) is 3. The number of thiol groups is 1. The minimum Gasteiger partial charge on any atom is -0.305 e. The van der Waals surface area contributed by atoms with E-state index in [0.29, 0.717) is 0 Å². The van der Waals surface area contributed by atoms with E-state index in [9.17, 15) is 0 Å². The summed E-state index contributed by atoms with van der Waals surface area (Å²) in [5.41, 5.74) is 0. The quantitative estimate of drug-likeness (QED) is 0.551. The van der Waals surface area contributed by atoms with Crippen molar-refractivity contribution in [2.24, 2.45) is 0 Å². The maximum absolute atomic E-state index is 4.24. The van der Waals surface area contributed by atoms with E-state index in [4.69, 9.17) is 0 Å². The Morgan fingerprint density at radius 1 is 1.33 bits per heavy atom. The normalized spacial score (nSPS) is 23.6. The first-order valence-corrected chi connectivity index (χ1v) is 6.87. The van der Waals surface area contributed by atoms with Crippen LogP contribution in [0, 0.1) is 0 Å². The van der Waals surface area contributed by atoms with E-state index in [1.165, 1.54) is 51.7 Å². The molecule has 0 radical (unpaired) electrons. The summed E-state index contributed by atoms with van der Waals surface area (Å²) in [6.07, 6.45) is 6.67. The van der Waals surface area contributed by atoms with E-state index < -0.39 is 0 Å². The number of hydrogen-bond donors (Lipinski definition) is 1. The molecule has 0 spiro atoms. The van der Waals surface area contributed by atoms with Crippen LogP contribution in [0.25, 0.3) is 0 Å². The Hall–Kier alpha value is 0.270. The third-order valence-corrected chi connectivity index (χ3v) is 3.71. The Morgan fingerprint density at radius 2 is 2.13 bits per heavy atom. The zero-order valence-corrected chi connectivity index (χ0v) is 11.2. The van der Waals surface area contributed by atoms with Crippen LogP contribution < -0.4 is 0 Å². The van der Waals surface area contributed by atoms with Crippen molar-refractivity contribution < 1.29 is 0 Å². The van der Waals surface area contributed by atoms with Crippen LogP contribution in [0.4, 0.5) is 0 Å². The van der Waals surface area contributed by atoms with E-state index in [-0.39, 0.29) is 0 Å². The number of likely N-dealkylation sites (N-methyl/N-ethyl adjacent to an activating group) is 2. The molecule has 0 amide bonds. The monoisotopic (exact) mass is 230 g/mol. The van der Waals surface area contributed by atoms with Crippen LogP contribution in [0.5, 0.6) is 0 Å². The standard InChI is InChI=1S/C12H26N2S/c1-13-8-6-7-12(11-13)14(2)9-4-3-5-10-15/h12,15H,3-11H2,1-2H3. The van der Waals surface area contributed by atoms with Crippen LogP contribution in [0.1, 0.15) is 32.1 Å². The first kappa shape index (κ1) is 13.3. The van der Waals surface area contributed by atoms with Gasteiger partial charge in [-0.05, 0) is 58.6 Å². The summed E-state index contributed by atoms with van der Waals surface area (Å²) in [4.78, 5) is 5.01. The van der Waals surface area contributed by atoms with Gasteiger partial charge in [0.25, 0.3) is 0 Å². The number of rotatable bonds is 6. The first-order valence-electron chi connectivity index (χ1n) is 6.23. The van der Waals surface area contributed by atoms with Gasteiger partial charge in [-0.15, -0.1) is 0 Å². The fourth-order valence-corrected chi connectivity index (χ4v) is 2.55. The lowest BCUT2D eigenvalue weighted by Gasteiger charge is -2.35. The van der Waals surface area contributed by atoms with Crippen LogP contribution in [0.3, 0.4) is 0 Å². The van der Waals surface area contributed by atoms with E-state index in [1.807, 2.05) is 0 Å². The van der Waals surface area contributed by atoms with E-state index in [1.54, 1.807) is 0 Å². The molecular formula is C12H26N2S. The van der Waals surface area contributed by atoms with Crippen LogP contribution in [-0.4, -0.2) is 55.3 Å². The lowest BCUT2D eigenvalue weighted by atomic mass is 10.0. The summed E-state index contributed by atoms with van der Waals surface area (Å²) in [5.74, 6) is 1.04.